The van der Waals surface area contributed by atoms with E-state index in [2.05, 4.69) is 12.0 Å². The van der Waals surface area contributed by atoms with E-state index in [1.54, 1.807) is 16.9 Å². The molecule has 1 heterocycles. The van der Waals surface area contributed by atoms with Gasteiger partial charge >= 0.3 is 0 Å². The van der Waals surface area contributed by atoms with E-state index >= 15 is 0 Å². The molecular weight excluding hydrogens is 224 g/mol. The van der Waals surface area contributed by atoms with E-state index in [4.69, 9.17) is 0 Å². The van der Waals surface area contributed by atoms with Gasteiger partial charge in [-0.25, -0.2) is 0 Å². The van der Waals surface area contributed by atoms with Crippen LogP contribution in [-0.2, 0) is 13.0 Å². The topological polar surface area (TPSA) is 34.9 Å². The number of benzene rings is 1. The molecule has 0 amide bonds. The third-order valence-electron chi connectivity index (χ3n) is 3.05. The van der Waals surface area contributed by atoms with Crippen LogP contribution in [0.5, 0.6) is 0 Å². The molecule has 3 nitrogen and oxygen atoms in total. The molecule has 0 atom stereocenters. The van der Waals surface area contributed by atoms with Gasteiger partial charge in [0.05, 0.1) is 0 Å². The predicted octanol–water partition coefficient (Wildman–Crippen LogP) is 3.03. The van der Waals surface area contributed by atoms with Crippen LogP contribution in [-0.4, -0.2) is 15.6 Å². The maximum absolute atomic E-state index is 12.3. The van der Waals surface area contributed by atoms with Gasteiger partial charge in [0.15, 0.2) is 5.78 Å². The summed E-state index contributed by atoms with van der Waals surface area (Å²) >= 11 is 0. The van der Waals surface area contributed by atoms with Crippen molar-refractivity contribution >= 4 is 5.78 Å². The van der Waals surface area contributed by atoms with Gasteiger partial charge in [-0.3, -0.25) is 9.48 Å². The normalized spacial score (nSPS) is 10.6. The van der Waals surface area contributed by atoms with E-state index in [-0.39, 0.29) is 5.78 Å². The van der Waals surface area contributed by atoms with Crippen LogP contribution in [0, 0.1) is 6.92 Å². The largest absolute Gasteiger partial charge is 0.292 e. The van der Waals surface area contributed by atoms with E-state index in [9.17, 15) is 4.79 Å². The number of hydrogen-bond acceptors (Lipinski definition) is 2. The summed E-state index contributed by atoms with van der Waals surface area (Å²) in [6.45, 7) is 4.91. The van der Waals surface area contributed by atoms with Gasteiger partial charge in [-0.15, -0.1) is 0 Å². The number of ketones is 1. The standard InChI is InChI=1S/C15H18N2O/c1-3-10-17-14(8-9-16-17)15(18)11-13-7-5-4-6-12(13)2/h4-9H,3,10-11H2,1-2H3. The summed E-state index contributed by atoms with van der Waals surface area (Å²) < 4.78 is 1.79. The van der Waals surface area contributed by atoms with Crippen LogP contribution in [0.4, 0.5) is 0 Å². The molecule has 2 aromatic rings. The lowest BCUT2D eigenvalue weighted by Gasteiger charge is -2.07. The highest BCUT2D eigenvalue weighted by atomic mass is 16.1. The van der Waals surface area contributed by atoms with Crippen LogP contribution in [0.1, 0.15) is 35.0 Å². The average molecular weight is 242 g/mol. The summed E-state index contributed by atoms with van der Waals surface area (Å²) in [5, 5.41) is 4.19. The van der Waals surface area contributed by atoms with Crippen molar-refractivity contribution in [2.75, 3.05) is 0 Å². The fourth-order valence-corrected chi connectivity index (χ4v) is 2.03. The monoisotopic (exact) mass is 242 g/mol. The van der Waals surface area contributed by atoms with Gasteiger partial charge in [-0.05, 0) is 30.5 Å². The van der Waals surface area contributed by atoms with Crippen molar-refractivity contribution in [1.82, 2.24) is 9.78 Å². The van der Waals surface area contributed by atoms with Gasteiger partial charge in [0, 0.05) is 19.2 Å². The van der Waals surface area contributed by atoms with Crippen molar-refractivity contribution in [2.45, 2.75) is 33.2 Å². The minimum absolute atomic E-state index is 0.134. The van der Waals surface area contributed by atoms with Crippen LogP contribution in [0.3, 0.4) is 0 Å². The summed E-state index contributed by atoms with van der Waals surface area (Å²) in [6.07, 6.45) is 3.12. The summed E-state index contributed by atoms with van der Waals surface area (Å²) in [4.78, 5) is 12.3. The molecule has 0 bridgehead atoms. The number of aryl methyl sites for hydroxylation is 2. The van der Waals surface area contributed by atoms with Crippen LogP contribution in [0.25, 0.3) is 0 Å². The molecule has 1 aromatic heterocycles. The zero-order valence-electron chi connectivity index (χ0n) is 10.9. The molecule has 18 heavy (non-hydrogen) atoms. The molecule has 0 unspecified atom stereocenters. The lowest BCUT2D eigenvalue weighted by Crippen LogP contribution is -2.13. The third-order valence-corrected chi connectivity index (χ3v) is 3.05. The highest BCUT2D eigenvalue weighted by molar-refractivity contribution is 5.96. The van der Waals surface area contributed by atoms with Gasteiger partial charge < -0.3 is 0 Å². The van der Waals surface area contributed by atoms with Crippen molar-refractivity contribution in [3.8, 4) is 0 Å². The maximum atomic E-state index is 12.3. The first-order valence-electron chi connectivity index (χ1n) is 6.32. The van der Waals surface area contributed by atoms with Crippen molar-refractivity contribution in [1.29, 1.82) is 0 Å². The number of hydrogen-bond donors (Lipinski definition) is 0. The average Bonchev–Trinajstić information content (AvgIpc) is 2.81. The molecule has 94 valence electrons. The molecule has 0 fully saturated rings. The summed E-state index contributed by atoms with van der Waals surface area (Å²) in [5.74, 6) is 0.134. The predicted molar refractivity (Wildman–Crippen MR) is 71.7 cm³/mol. The van der Waals surface area contributed by atoms with Gasteiger partial charge in [-0.1, -0.05) is 31.2 Å². The molecule has 0 saturated carbocycles. The van der Waals surface area contributed by atoms with Gasteiger partial charge in [0.1, 0.15) is 5.69 Å². The Morgan fingerprint density at radius 1 is 1.28 bits per heavy atom. The SMILES string of the molecule is CCCn1nccc1C(=O)Cc1ccccc1C. The first kappa shape index (κ1) is 12.6. The first-order valence-corrected chi connectivity index (χ1v) is 6.32. The highest BCUT2D eigenvalue weighted by Crippen LogP contribution is 2.11. The lowest BCUT2D eigenvalue weighted by atomic mass is 10.0. The summed E-state index contributed by atoms with van der Waals surface area (Å²) in [6, 6.07) is 9.81. The Labute approximate surface area is 107 Å². The van der Waals surface area contributed by atoms with Crippen LogP contribution in [0.15, 0.2) is 36.5 Å². The third kappa shape index (κ3) is 2.67. The van der Waals surface area contributed by atoms with E-state index in [1.165, 1.54) is 0 Å². The first-order chi connectivity index (χ1) is 8.72. The lowest BCUT2D eigenvalue weighted by molar-refractivity contribution is 0.0982. The molecule has 3 heteroatoms. The number of rotatable bonds is 5. The maximum Gasteiger partial charge on any atom is 0.185 e. The highest BCUT2D eigenvalue weighted by Gasteiger charge is 2.13. The number of Topliss-reactive ketones (excluding diaryl/α,β-unsaturated/α-hetero) is 1. The molecular formula is C15H18N2O. The van der Waals surface area contributed by atoms with Crippen LogP contribution < -0.4 is 0 Å². The second-order valence-electron chi connectivity index (χ2n) is 4.47. The number of aromatic nitrogens is 2. The molecule has 2 rings (SSSR count). The van der Waals surface area contributed by atoms with Crippen molar-refractivity contribution in [3.05, 3.63) is 53.3 Å². The van der Waals surface area contributed by atoms with E-state index < -0.39 is 0 Å². The molecule has 0 N–H and O–H groups in total. The minimum Gasteiger partial charge on any atom is -0.292 e. The number of nitrogens with zero attached hydrogens (tertiary/aromatic N) is 2. The zero-order valence-corrected chi connectivity index (χ0v) is 10.9. The zero-order chi connectivity index (χ0) is 13.0. The van der Waals surface area contributed by atoms with E-state index in [0.717, 1.165) is 24.1 Å². The number of carbonyl (C=O) groups excluding carboxylic acids is 1. The van der Waals surface area contributed by atoms with Crippen molar-refractivity contribution < 1.29 is 4.79 Å². The van der Waals surface area contributed by atoms with Gasteiger partial charge in [0.25, 0.3) is 0 Å². The number of carbonyl (C=O) groups is 1. The molecule has 0 aliphatic carbocycles. The molecule has 0 aliphatic heterocycles. The quantitative estimate of drug-likeness (QED) is 0.755. The Kier molecular flexibility index (Phi) is 3.92. The molecule has 0 spiro atoms. The molecule has 1 aromatic carbocycles. The second-order valence-corrected chi connectivity index (χ2v) is 4.47. The van der Waals surface area contributed by atoms with Crippen LogP contribution >= 0.6 is 0 Å². The van der Waals surface area contributed by atoms with Crippen molar-refractivity contribution in [3.63, 3.8) is 0 Å². The van der Waals surface area contributed by atoms with Gasteiger partial charge in [0.2, 0.25) is 0 Å². The molecule has 0 radical (unpaired) electrons. The Balaban J connectivity index is 2.17. The van der Waals surface area contributed by atoms with E-state index in [0.29, 0.717) is 12.1 Å². The Bertz CT molecular complexity index is 543. The Hall–Kier alpha value is -1.90. The van der Waals surface area contributed by atoms with Gasteiger partial charge in [-0.2, -0.15) is 5.10 Å². The minimum atomic E-state index is 0.134. The van der Waals surface area contributed by atoms with Crippen molar-refractivity contribution in [2.24, 2.45) is 0 Å². The summed E-state index contributed by atoms with van der Waals surface area (Å²) in [5.41, 5.74) is 2.96. The molecule has 0 saturated heterocycles. The fourth-order valence-electron chi connectivity index (χ4n) is 2.03. The fraction of sp³-hybridized carbons (Fsp3) is 0.333. The molecule has 0 aliphatic rings. The summed E-state index contributed by atoms with van der Waals surface area (Å²) in [7, 11) is 0. The Morgan fingerprint density at radius 2 is 2.06 bits per heavy atom. The Morgan fingerprint density at radius 3 is 2.78 bits per heavy atom. The smallest absolute Gasteiger partial charge is 0.185 e. The van der Waals surface area contributed by atoms with Crippen LogP contribution in [0.2, 0.25) is 0 Å². The van der Waals surface area contributed by atoms with E-state index in [1.807, 2.05) is 31.2 Å². The second kappa shape index (κ2) is 5.63.